The third kappa shape index (κ3) is 5.09. The maximum atomic E-state index is 10.2. The Balaban J connectivity index is 1.63. The highest BCUT2D eigenvalue weighted by atomic mass is 16.5. The van der Waals surface area contributed by atoms with Gasteiger partial charge in [0, 0.05) is 18.5 Å². The fourth-order valence-corrected chi connectivity index (χ4v) is 4.01. The first-order chi connectivity index (χ1) is 12.6. The second-order valence-electron chi connectivity index (χ2n) is 7.95. The molecule has 0 spiro atoms. The molecule has 26 heavy (non-hydrogen) atoms. The van der Waals surface area contributed by atoms with Crippen LogP contribution < -0.4 is 4.74 Å². The van der Waals surface area contributed by atoms with Crippen LogP contribution in [0.15, 0.2) is 54.6 Å². The maximum absolute atomic E-state index is 10.2. The van der Waals surface area contributed by atoms with E-state index in [1.54, 1.807) is 0 Å². The van der Waals surface area contributed by atoms with E-state index in [4.69, 9.17) is 4.74 Å². The number of aliphatic hydroxyl groups excluding tert-OH is 1. The number of aliphatic hydroxyl groups is 1. The van der Waals surface area contributed by atoms with Crippen LogP contribution in [0, 0.1) is 5.41 Å². The van der Waals surface area contributed by atoms with Crippen molar-refractivity contribution in [3.05, 3.63) is 65.7 Å². The minimum Gasteiger partial charge on any atom is -0.491 e. The normalized spacial score (nSPS) is 21.1. The molecule has 2 aromatic carbocycles. The summed E-state index contributed by atoms with van der Waals surface area (Å²) in [6.45, 7) is 7.31. The van der Waals surface area contributed by atoms with E-state index in [1.807, 2.05) is 13.8 Å². The zero-order chi connectivity index (χ0) is 18.4. The van der Waals surface area contributed by atoms with Gasteiger partial charge in [0.25, 0.3) is 0 Å². The molecule has 1 unspecified atom stereocenters. The molecule has 1 aliphatic heterocycles. The highest BCUT2D eigenvalue weighted by Gasteiger charge is 2.35. The molecule has 0 bridgehead atoms. The molecule has 1 atom stereocenters. The van der Waals surface area contributed by atoms with Gasteiger partial charge in [-0.2, -0.15) is 0 Å². The van der Waals surface area contributed by atoms with Crippen molar-refractivity contribution < 1.29 is 9.84 Å². The Hall–Kier alpha value is -1.84. The summed E-state index contributed by atoms with van der Waals surface area (Å²) in [6, 6.07) is 19.0. The van der Waals surface area contributed by atoms with Gasteiger partial charge in [0.15, 0.2) is 0 Å². The summed E-state index contributed by atoms with van der Waals surface area (Å²) in [5.74, 6) is 0.927. The third-order valence-electron chi connectivity index (χ3n) is 5.20. The van der Waals surface area contributed by atoms with E-state index < -0.39 is 0 Å². The molecule has 1 saturated heterocycles. The van der Waals surface area contributed by atoms with Crippen molar-refractivity contribution >= 4 is 0 Å². The molecule has 2 aromatic rings. The van der Waals surface area contributed by atoms with Gasteiger partial charge >= 0.3 is 0 Å². The highest BCUT2D eigenvalue weighted by Crippen LogP contribution is 2.34. The van der Waals surface area contributed by atoms with Crippen LogP contribution in [0.5, 0.6) is 5.75 Å². The van der Waals surface area contributed by atoms with Crippen molar-refractivity contribution in [3.63, 3.8) is 0 Å². The minimum atomic E-state index is -0.0275. The van der Waals surface area contributed by atoms with Crippen molar-refractivity contribution in [1.29, 1.82) is 0 Å². The third-order valence-corrected chi connectivity index (χ3v) is 5.20. The van der Waals surface area contributed by atoms with Crippen molar-refractivity contribution in [2.45, 2.75) is 45.8 Å². The molecule has 0 saturated carbocycles. The Labute approximate surface area is 157 Å². The molecule has 1 heterocycles. The van der Waals surface area contributed by atoms with E-state index in [2.05, 4.69) is 59.5 Å². The minimum absolute atomic E-state index is 0.0275. The molecule has 3 heteroatoms. The number of benzene rings is 2. The monoisotopic (exact) mass is 353 g/mol. The summed E-state index contributed by atoms with van der Waals surface area (Å²) in [5.41, 5.74) is 2.59. The maximum Gasteiger partial charge on any atom is 0.119 e. The van der Waals surface area contributed by atoms with Crippen molar-refractivity contribution in [2.75, 3.05) is 19.7 Å². The first-order valence-corrected chi connectivity index (χ1v) is 9.71. The van der Waals surface area contributed by atoms with Crippen LogP contribution in [0.25, 0.3) is 0 Å². The molecule has 3 rings (SSSR count). The molecule has 1 fully saturated rings. The van der Waals surface area contributed by atoms with Gasteiger partial charge < -0.3 is 9.84 Å². The topological polar surface area (TPSA) is 32.7 Å². The lowest BCUT2D eigenvalue weighted by Gasteiger charge is -2.42. The second-order valence-corrected chi connectivity index (χ2v) is 7.95. The van der Waals surface area contributed by atoms with Gasteiger partial charge in [-0.25, -0.2) is 0 Å². The van der Waals surface area contributed by atoms with Crippen LogP contribution in [0.2, 0.25) is 0 Å². The highest BCUT2D eigenvalue weighted by molar-refractivity contribution is 5.27. The van der Waals surface area contributed by atoms with Crippen LogP contribution in [-0.2, 0) is 13.0 Å². The molecule has 0 aromatic heterocycles. The van der Waals surface area contributed by atoms with E-state index in [-0.39, 0.29) is 18.1 Å². The van der Waals surface area contributed by atoms with Gasteiger partial charge in [0.1, 0.15) is 5.75 Å². The number of rotatable bonds is 7. The summed E-state index contributed by atoms with van der Waals surface area (Å²) in [5, 5.41) is 10.2. The first kappa shape index (κ1) is 18.9. The van der Waals surface area contributed by atoms with Crippen LogP contribution >= 0.6 is 0 Å². The summed E-state index contributed by atoms with van der Waals surface area (Å²) in [7, 11) is 0. The van der Waals surface area contributed by atoms with Crippen LogP contribution in [0.1, 0.15) is 37.8 Å². The molecule has 3 nitrogen and oxygen atoms in total. The molecular weight excluding hydrogens is 322 g/mol. The molecule has 0 radical (unpaired) electrons. The van der Waals surface area contributed by atoms with Gasteiger partial charge in [0.05, 0.1) is 12.7 Å². The molecule has 140 valence electrons. The Kier molecular flexibility index (Phi) is 6.33. The zero-order valence-corrected chi connectivity index (χ0v) is 16.0. The smallest absolute Gasteiger partial charge is 0.119 e. The average molecular weight is 354 g/mol. The molecular formula is C23H31NO2. The number of ether oxygens (including phenoxy) is 1. The quantitative estimate of drug-likeness (QED) is 0.806. The van der Waals surface area contributed by atoms with Crippen molar-refractivity contribution in [2.24, 2.45) is 5.41 Å². The SMILES string of the molecule is CC(C)Oc1ccc(CN2CCCC(CO)(Cc3ccccc3)C2)cc1. The second kappa shape index (κ2) is 8.70. The Morgan fingerprint density at radius 1 is 1.04 bits per heavy atom. The predicted octanol–water partition coefficient (Wildman–Crippen LogP) is 4.29. The lowest BCUT2D eigenvalue weighted by Crippen LogP contribution is -2.46. The summed E-state index contributed by atoms with van der Waals surface area (Å²) < 4.78 is 5.73. The number of likely N-dealkylation sites (tertiary alicyclic amines) is 1. The standard InChI is InChI=1S/C23H31NO2/c1-19(2)26-22-11-9-21(10-12-22)16-24-14-6-13-23(17-24,18-25)15-20-7-4-3-5-8-20/h3-5,7-12,19,25H,6,13-18H2,1-2H3. The zero-order valence-electron chi connectivity index (χ0n) is 16.0. The summed E-state index contributed by atoms with van der Waals surface area (Å²) >= 11 is 0. The Bertz CT molecular complexity index is 668. The summed E-state index contributed by atoms with van der Waals surface area (Å²) in [4.78, 5) is 2.49. The van der Waals surface area contributed by atoms with E-state index in [0.717, 1.165) is 44.6 Å². The number of hydrogen-bond donors (Lipinski definition) is 1. The number of piperidine rings is 1. The van der Waals surface area contributed by atoms with E-state index in [1.165, 1.54) is 11.1 Å². The van der Waals surface area contributed by atoms with E-state index in [9.17, 15) is 5.11 Å². The summed E-state index contributed by atoms with van der Waals surface area (Å²) in [6.07, 6.45) is 3.38. The average Bonchev–Trinajstić information content (AvgIpc) is 2.64. The fraction of sp³-hybridized carbons (Fsp3) is 0.478. The Morgan fingerprint density at radius 3 is 2.42 bits per heavy atom. The van der Waals surface area contributed by atoms with Crippen LogP contribution in [0.4, 0.5) is 0 Å². The number of nitrogens with zero attached hydrogens (tertiary/aromatic N) is 1. The lowest BCUT2D eigenvalue weighted by molar-refractivity contribution is 0.0288. The van der Waals surface area contributed by atoms with E-state index >= 15 is 0 Å². The van der Waals surface area contributed by atoms with Gasteiger partial charge in [-0.1, -0.05) is 42.5 Å². The Morgan fingerprint density at radius 2 is 1.77 bits per heavy atom. The molecule has 1 N–H and O–H groups in total. The van der Waals surface area contributed by atoms with Gasteiger partial charge in [-0.3, -0.25) is 4.90 Å². The molecule has 0 amide bonds. The first-order valence-electron chi connectivity index (χ1n) is 9.71. The molecule has 1 aliphatic rings. The van der Waals surface area contributed by atoms with Crippen molar-refractivity contribution in [3.8, 4) is 5.75 Å². The van der Waals surface area contributed by atoms with Gasteiger partial charge in [-0.15, -0.1) is 0 Å². The number of hydrogen-bond acceptors (Lipinski definition) is 3. The predicted molar refractivity (Wildman–Crippen MR) is 106 cm³/mol. The van der Waals surface area contributed by atoms with Crippen LogP contribution in [0.3, 0.4) is 0 Å². The fourth-order valence-electron chi connectivity index (χ4n) is 4.01. The largest absolute Gasteiger partial charge is 0.491 e. The lowest BCUT2D eigenvalue weighted by atomic mass is 9.75. The molecule has 0 aliphatic carbocycles. The van der Waals surface area contributed by atoms with Crippen LogP contribution in [-0.4, -0.2) is 35.8 Å². The van der Waals surface area contributed by atoms with Gasteiger partial charge in [-0.05, 0) is 62.9 Å². The van der Waals surface area contributed by atoms with Gasteiger partial charge in [0.2, 0.25) is 0 Å². The van der Waals surface area contributed by atoms with E-state index in [0.29, 0.717) is 0 Å². The van der Waals surface area contributed by atoms with Crippen molar-refractivity contribution in [1.82, 2.24) is 4.90 Å².